The molecule has 0 saturated carbocycles. The minimum Gasteiger partial charge on any atom is -0.396 e. The van der Waals surface area contributed by atoms with Crippen LogP contribution in [-0.2, 0) is 9.59 Å². The van der Waals surface area contributed by atoms with Crippen molar-refractivity contribution < 1.29 is 14.7 Å². The van der Waals surface area contributed by atoms with Gasteiger partial charge in [-0.2, -0.15) is 5.01 Å². The largest absolute Gasteiger partial charge is 0.396 e. The number of primary amides is 1. The zero-order valence-corrected chi connectivity index (χ0v) is 14.1. The highest BCUT2D eigenvalue weighted by Crippen LogP contribution is 2.37. The van der Waals surface area contributed by atoms with Crippen LogP contribution in [0, 0.1) is 5.92 Å². The number of likely N-dealkylation sites (N-methyl/N-ethyl adjacent to an activating group) is 1. The van der Waals surface area contributed by atoms with E-state index in [0.29, 0.717) is 0 Å². The predicted molar refractivity (Wildman–Crippen MR) is 90.2 cm³/mol. The molecule has 2 unspecified atom stereocenters. The predicted octanol–water partition coefficient (Wildman–Crippen LogP) is 0.0502. The quantitative estimate of drug-likeness (QED) is 0.589. The molecule has 5 N–H and O–H groups in total. The second-order valence-corrected chi connectivity index (χ2v) is 5.98. The zero-order valence-electron chi connectivity index (χ0n) is 14.1. The minimum absolute atomic E-state index is 0.236. The summed E-state index contributed by atoms with van der Waals surface area (Å²) in [5, 5.41) is 13.8. The van der Waals surface area contributed by atoms with Crippen molar-refractivity contribution in [3.05, 3.63) is 47.7 Å². The maximum absolute atomic E-state index is 12.4. The zero-order chi connectivity index (χ0) is 17.9. The van der Waals surface area contributed by atoms with Crippen LogP contribution >= 0.6 is 0 Å². The number of rotatable bonds is 6. The number of hydrogen-bond acceptors (Lipinski definition) is 5. The van der Waals surface area contributed by atoms with E-state index >= 15 is 0 Å². The van der Waals surface area contributed by atoms with Crippen LogP contribution in [-0.4, -0.2) is 41.1 Å². The SMILES string of the molecule is CNC(=O)C1=CC(C(N)=O)(C(C)CO)N([C@@H](C)c2ccccc2)N1. The Kier molecular flexibility index (Phi) is 5.26. The standard InChI is InChI=1S/C17H24N4O3/c1-11(10-22)17(16(18)24)9-14(15(23)19-3)20-21(17)12(2)13-7-5-4-6-8-13/h4-9,11-12,20,22H,10H2,1-3H3,(H2,18,24)(H,19,23)/t11?,12-,17?/m0/s1. The topological polar surface area (TPSA) is 108 Å². The molecule has 1 aromatic rings. The highest BCUT2D eigenvalue weighted by atomic mass is 16.3. The van der Waals surface area contributed by atoms with Gasteiger partial charge in [0.1, 0.15) is 11.2 Å². The summed E-state index contributed by atoms with van der Waals surface area (Å²) in [4.78, 5) is 24.4. The number of benzene rings is 1. The van der Waals surface area contributed by atoms with Gasteiger partial charge in [-0.05, 0) is 18.6 Å². The molecule has 1 heterocycles. The highest BCUT2D eigenvalue weighted by molar-refractivity contribution is 5.97. The molecule has 7 nitrogen and oxygen atoms in total. The number of nitrogens with two attached hydrogens (primary N) is 1. The molecule has 0 saturated heterocycles. The first-order valence-corrected chi connectivity index (χ1v) is 7.85. The normalized spacial score (nSPS) is 23.1. The first-order chi connectivity index (χ1) is 11.4. The van der Waals surface area contributed by atoms with E-state index in [1.807, 2.05) is 37.3 Å². The van der Waals surface area contributed by atoms with E-state index in [9.17, 15) is 14.7 Å². The monoisotopic (exact) mass is 332 g/mol. The second kappa shape index (κ2) is 7.02. The molecule has 24 heavy (non-hydrogen) atoms. The van der Waals surface area contributed by atoms with Crippen LogP contribution < -0.4 is 16.5 Å². The first kappa shape index (κ1) is 18.0. The van der Waals surface area contributed by atoms with Crippen molar-refractivity contribution in [3.63, 3.8) is 0 Å². The van der Waals surface area contributed by atoms with Gasteiger partial charge in [0.05, 0.1) is 6.04 Å². The molecule has 1 aliphatic heterocycles. The highest BCUT2D eigenvalue weighted by Gasteiger charge is 2.52. The third-order valence-corrected chi connectivity index (χ3v) is 4.56. The van der Waals surface area contributed by atoms with Gasteiger partial charge < -0.3 is 21.6 Å². The van der Waals surface area contributed by atoms with E-state index in [0.717, 1.165) is 5.56 Å². The maximum atomic E-state index is 12.4. The Morgan fingerprint density at radius 2 is 1.96 bits per heavy atom. The second-order valence-electron chi connectivity index (χ2n) is 5.98. The lowest BCUT2D eigenvalue weighted by molar-refractivity contribution is -0.134. The summed E-state index contributed by atoms with van der Waals surface area (Å²) in [7, 11) is 1.51. The van der Waals surface area contributed by atoms with Crippen LogP contribution in [0.25, 0.3) is 0 Å². The van der Waals surface area contributed by atoms with Gasteiger partial charge >= 0.3 is 0 Å². The fraction of sp³-hybridized carbons (Fsp3) is 0.412. The van der Waals surface area contributed by atoms with E-state index in [4.69, 9.17) is 5.73 Å². The Labute approximate surface area is 141 Å². The van der Waals surface area contributed by atoms with E-state index < -0.39 is 17.4 Å². The Morgan fingerprint density at radius 3 is 2.46 bits per heavy atom. The van der Waals surface area contributed by atoms with Crippen molar-refractivity contribution in [3.8, 4) is 0 Å². The Hall–Kier alpha value is -2.38. The number of carbonyl (C=O) groups is 2. The summed E-state index contributed by atoms with van der Waals surface area (Å²) in [5.74, 6) is -1.48. The van der Waals surface area contributed by atoms with Crippen molar-refractivity contribution in [1.82, 2.24) is 15.8 Å². The number of amides is 2. The molecule has 0 radical (unpaired) electrons. The Morgan fingerprint density at radius 1 is 1.33 bits per heavy atom. The third kappa shape index (κ3) is 2.88. The van der Waals surface area contributed by atoms with Crippen LogP contribution in [0.15, 0.2) is 42.1 Å². The molecule has 2 amide bonds. The van der Waals surface area contributed by atoms with Crippen LogP contribution in [0.2, 0.25) is 0 Å². The van der Waals surface area contributed by atoms with Crippen molar-refractivity contribution in [1.29, 1.82) is 0 Å². The molecular weight excluding hydrogens is 308 g/mol. The van der Waals surface area contributed by atoms with Gasteiger partial charge in [0, 0.05) is 19.6 Å². The van der Waals surface area contributed by atoms with E-state index in [2.05, 4.69) is 10.7 Å². The molecule has 7 heteroatoms. The van der Waals surface area contributed by atoms with Crippen LogP contribution in [0.5, 0.6) is 0 Å². The lowest BCUT2D eigenvalue weighted by Gasteiger charge is -2.42. The molecule has 0 aromatic heterocycles. The molecule has 1 aromatic carbocycles. The van der Waals surface area contributed by atoms with E-state index in [-0.39, 0.29) is 24.3 Å². The molecule has 0 spiro atoms. The summed E-state index contributed by atoms with van der Waals surface area (Å²) < 4.78 is 0. The molecule has 0 fully saturated rings. The van der Waals surface area contributed by atoms with Crippen molar-refractivity contribution in [2.45, 2.75) is 25.4 Å². The lowest BCUT2D eigenvalue weighted by Crippen LogP contribution is -2.62. The number of aliphatic hydroxyl groups is 1. The number of aliphatic hydroxyl groups excluding tert-OH is 1. The summed E-state index contributed by atoms with van der Waals surface area (Å²) >= 11 is 0. The third-order valence-electron chi connectivity index (χ3n) is 4.56. The Bertz CT molecular complexity index is 646. The average Bonchev–Trinajstić information content (AvgIpc) is 3.02. The van der Waals surface area contributed by atoms with Gasteiger partial charge in [-0.1, -0.05) is 37.3 Å². The van der Waals surface area contributed by atoms with Gasteiger partial charge in [0.25, 0.3) is 5.91 Å². The number of hydrogen-bond donors (Lipinski definition) is 4. The minimum atomic E-state index is -1.31. The summed E-state index contributed by atoms with van der Waals surface area (Å²) in [6.45, 7) is 3.38. The number of hydrazine groups is 1. The van der Waals surface area contributed by atoms with Gasteiger partial charge in [-0.25, -0.2) is 0 Å². The average molecular weight is 332 g/mol. The van der Waals surface area contributed by atoms with Gasteiger partial charge in [-0.15, -0.1) is 0 Å². The fourth-order valence-corrected chi connectivity index (χ4v) is 3.04. The molecule has 130 valence electrons. The molecule has 0 bridgehead atoms. The van der Waals surface area contributed by atoms with Crippen LogP contribution in [0.3, 0.4) is 0 Å². The molecule has 3 atom stereocenters. The first-order valence-electron chi connectivity index (χ1n) is 7.85. The summed E-state index contributed by atoms with van der Waals surface area (Å²) in [5.41, 5.74) is 8.58. The van der Waals surface area contributed by atoms with Crippen LogP contribution in [0.4, 0.5) is 0 Å². The lowest BCUT2D eigenvalue weighted by atomic mass is 9.82. The van der Waals surface area contributed by atoms with Crippen LogP contribution in [0.1, 0.15) is 25.5 Å². The Balaban J connectivity index is 2.52. The van der Waals surface area contributed by atoms with Crippen molar-refractivity contribution in [2.75, 3.05) is 13.7 Å². The summed E-state index contributed by atoms with van der Waals surface area (Å²) in [6, 6.07) is 9.30. The van der Waals surface area contributed by atoms with E-state index in [1.54, 1.807) is 11.9 Å². The molecule has 1 aliphatic rings. The number of nitrogens with one attached hydrogen (secondary N) is 2. The van der Waals surface area contributed by atoms with E-state index in [1.165, 1.54) is 13.1 Å². The van der Waals surface area contributed by atoms with Crippen molar-refractivity contribution >= 4 is 11.8 Å². The number of nitrogens with zero attached hydrogens (tertiary/aromatic N) is 1. The fourth-order valence-electron chi connectivity index (χ4n) is 3.04. The molecule has 2 rings (SSSR count). The maximum Gasteiger partial charge on any atom is 0.268 e. The summed E-state index contributed by atoms with van der Waals surface area (Å²) in [6.07, 6.45) is 1.51. The van der Waals surface area contributed by atoms with Gasteiger partial charge in [0.15, 0.2) is 0 Å². The van der Waals surface area contributed by atoms with Gasteiger partial charge in [0.2, 0.25) is 5.91 Å². The molecule has 0 aliphatic carbocycles. The molecular formula is C17H24N4O3. The van der Waals surface area contributed by atoms with Crippen molar-refractivity contribution in [2.24, 2.45) is 11.7 Å². The van der Waals surface area contributed by atoms with Gasteiger partial charge in [-0.3, -0.25) is 9.59 Å². The number of carbonyl (C=O) groups excluding carboxylic acids is 2. The smallest absolute Gasteiger partial charge is 0.268 e.